The first kappa shape index (κ1) is 38.2. The van der Waals surface area contributed by atoms with Crippen LogP contribution >= 0.6 is 34.9 Å². The zero-order valence-electron chi connectivity index (χ0n) is 28.8. The molecule has 2 fully saturated rings. The molecule has 3 aliphatic heterocycles. The van der Waals surface area contributed by atoms with Crippen molar-refractivity contribution in [3.8, 4) is 5.75 Å². The Balaban J connectivity index is 1.06. The molecule has 6 N–H and O–H groups in total. The highest BCUT2D eigenvalue weighted by atomic mass is 32.2. The number of aromatic hydroxyl groups is 1. The van der Waals surface area contributed by atoms with E-state index in [9.17, 15) is 43.8 Å². The summed E-state index contributed by atoms with van der Waals surface area (Å²) < 4.78 is 0.433. The molecule has 0 spiro atoms. The number of rotatable bonds is 13. The number of aliphatic carboxylic acids is 2. The van der Waals surface area contributed by atoms with Gasteiger partial charge in [0.1, 0.15) is 45.1 Å². The number of piperazine rings is 1. The van der Waals surface area contributed by atoms with Crippen LogP contribution in [0.2, 0.25) is 0 Å². The molecule has 4 amide bonds. The summed E-state index contributed by atoms with van der Waals surface area (Å²) in [7, 11) is 0. The molecule has 2 saturated heterocycles. The third-order valence-corrected chi connectivity index (χ3v) is 12.5. The van der Waals surface area contributed by atoms with Crippen molar-refractivity contribution in [3.63, 3.8) is 0 Å². The Morgan fingerprint density at radius 2 is 1.82 bits per heavy atom. The molecule has 7 rings (SSSR count). The predicted molar refractivity (Wildman–Crippen MR) is 200 cm³/mol. The Labute approximate surface area is 327 Å². The molecule has 56 heavy (non-hydrogen) atoms. The first-order chi connectivity index (χ1) is 26.9. The van der Waals surface area contributed by atoms with Gasteiger partial charge < -0.3 is 40.7 Å². The molecular weight excluding hydrogens is 793 g/mol. The lowest BCUT2D eigenvalue weighted by molar-refractivity contribution is -0.151. The highest BCUT2D eigenvalue weighted by molar-refractivity contribution is 8.01. The monoisotopic (exact) mass is 822 g/mol. The number of benzene rings is 1. The second-order valence-corrected chi connectivity index (χ2v) is 16.0. The number of carboxylic acid groups (broad SMARTS) is 2. The molecule has 3 atom stereocenters. The maximum Gasteiger partial charge on any atom is 0.352 e. The Bertz CT molecular complexity index is 2350. The highest BCUT2D eigenvalue weighted by Crippen LogP contribution is 2.42. The summed E-state index contributed by atoms with van der Waals surface area (Å²) in [5.41, 5.74) is -0.500. The van der Waals surface area contributed by atoms with Crippen molar-refractivity contribution in [2.45, 2.75) is 28.2 Å². The van der Waals surface area contributed by atoms with E-state index in [1.54, 1.807) is 4.90 Å². The van der Waals surface area contributed by atoms with Gasteiger partial charge in [0.25, 0.3) is 11.8 Å². The number of phenols is 1. The normalized spacial score (nSPS) is 18.6. The smallest absolute Gasteiger partial charge is 0.352 e. The largest absolute Gasteiger partial charge is 0.508 e. The number of aromatic nitrogens is 5. The lowest BCUT2D eigenvalue weighted by Gasteiger charge is -2.49. The van der Waals surface area contributed by atoms with Crippen molar-refractivity contribution in [2.24, 2.45) is 0 Å². The summed E-state index contributed by atoms with van der Waals surface area (Å²) >= 11 is 3.46. The van der Waals surface area contributed by atoms with Crippen molar-refractivity contribution in [3.05, 3.63) is 74.3 Å². The van der Waals surface area contributed by atoms with Gasteiger partial charge in [0.2, 0.25) is 23.7 Å². The molecule has 1 aromatic carbocycles. The van der Waals surface area contributed by atoms with Gasteiger partial charge in [0.15, 0.2) is 4.34 Å². The molecule has 3 unspecified atom stereocenters. The van der Waals surface area contributed by atoms with Gasteiger partial charge in [-0.25, -0.2) is 9.78 Å². The molecule has 23 heteroatoms. The van der Waals surface area contributed by atoms with E-state index in [-0.39, 0.29) is 51.5 Å². The summed E-state index contributed by atoms with van der Waals surface area (Å²) in [6.45, 7) is 1.94. The number of pyridine rings is 1. The highest BCUT2D eigenvalue weighted by Gasteiger charge is 2.54. The van der Waals surface area contributed by atoms with Crippen molar-refractivity contribution < 1.29 is 44.1 Å². The third kappa shape index (κ3) is 7.72. The predicted octanol–water partition coefficient (Wildman–Crippen LogP) is -0.217. The van der Waals surface area contributed by atoms with Gasteiger partial charge in [-0.2, -0.15) is 4.98 Å². The Kier molecular flexibility index (Phi) is 10.9. The SMILES string of the molecule is O=CN1CCN(c2ncc3c(=O)c(C(=O)NC(C(=O)NC4C(=O)N5C(C(=O)O)=C(CSc6nnc(CC(=O)O)s6)CSC45)c4ccc(O)cc4)c[nH]c3n2)CC1. The zero-order chi connectivity index (χ0) is 39.7. The molecule has 6 heterocycles. The fourth-order valence-corrected chi connectivity index (χ4v) is 9.57. The van der Waals surface area contributed by atoms with Crippen LogP contribution in [0.25, 0.3) is 11.0 Å². The lowest BCUT2D eigenvalue weighted by atomic mass is 10.0. The van der Waals surface area contributed by atoms with Crippen molar-refractivity contribution in [2.75, 3.05) is 42.6 Å². The van der Waals surface area contributed by atoms with E-state index in [1.807, 2.05) is 4.90 Å². The van der Waals surface area contributed by atoms with Crippen LogP contribution in [0.3, 0.4) is 0 Å². The number of carboxylic acids is 2. The van der Waals surface area contributed by atoms with E-state index < -0.39 is 52.5 Å². The number of aromatic amines is 1. The molecular formula is C33H30N10O10S3. The van der Waals surface area contributed by atoms with Crippen molar-refractivity contribution >= 4 is 87.9 Å². The summed E-state index contributed by atoms with van der Waals surface area (Å²) in [6.07, 6.45) is 2.92. The maximum absolute atomic E-state index is 13.9. The van der Waals surface area contributed by atoms with Crippen LogP contribution in [0.5, 0.6) is 5.75 Å². The van der Waals surface area contributed by atoms with Crippen molar-refractivity contribution in [1.29, 1.82) is 0 Å². The Morgan fingerprint density at radius 1 is 1.07 bits per heavy atom. The van der Waals surface area contributed by atoms with E-state index >= 15 is 0 Å². The summed E-state index contributed by atoms with van der Waals surface area (Å²) in [5, 5.41) is 41.4. The van der Waals surface area contributed by atoms with Crippen molar-refractivity contribution in [1.82, 2.24) is 45.6 Å². The van der Waals surface area contributed by atoms with E-state index in [4.69, 9.17) is 5.11 Å². The minimum atomic E-state index is -1.46. The van der Waals surface area contributed by atoms with Gasteiger partial charge in [-0.3, -0.25) is 33.7 Å². The average Bonchev–Trinajstić information content (AvgIpc) is 3.64. The van der Waals surface area contributed by atoms with Crippen LogP contribution in [0.4, 0.5) is 5.95 Å². The quantitative estimate of drug-likeness (QED) is 0.0578. The number of anilines is 1. The second kappa shape index (κ2) is 16.0. The minimum Gasteiger partial charge on any atom is -0.508 e. The van der Waals surface area contributed by atoms with Crippen LogP contribution in [-0.2, 0) is 30.4 Å². The number of hydrogen-bond donors (Lipinski definition) is 6. The molecule has 0 aliphatic carbocycles. The standard InChI is InChI=1S/C33H30N10O10S3/c44-14-41-5-7-42(8-6-41)32-35-10-18-25(48)19(11-34-26(18)38-32)27(49)36-22(15-1-3-17(45)4-2-15)28(50)37-23-29(51)43-24(31(52)53)16(12-54-30(23)43)13-55-33-40-39-20(56-33)9-21(46)47/h1-4,10-11,14,22-23,30,45H,5-9,12-13H2,(H,36,49)(H,37,50)(H,46,47)(H,52,53)(H,34,35,38,48). The number of fused-ring (bicyclic) bond motifs is 2. The van der Waals surface area contributed by atoms with Crippen LogP contribution in [0.15, 0.2) is 57.1 Å². The second-order valence-electron chi connectivity index (χ2n) is 12.6. The van der Waals surface area contributed by atoms with E-state index in [2.05, 4.69) is 35.8 Å². The number of thioether (sulfide) groups is 2. The summed E-state index contributed by atoms with van der Waals surface area (Å²) in [4.78, 5) is 105. The van der Waals surface area contributed by atoms with E-state index in [1.165, 1.54) is 42.2 Å². The lowest BCUT2D eigenvalue weighted by Crippen LogP contribution is -2.71. The van der Waals surface area contributed by atoms with Gasteiger partial charge in [0.05, 0.1) is 11.8 Å². The van der Waals surface area contributed by atoms with E-state index in [0.717, 1.165) is 40.6 Å². The summed E-state index contributed by atoms with van der Waals surface area (Å²) in [6, 6.07) is 2.74. The number of phenolic OH excluding ortho intramolecular Hbond substituents is 1. The molecule has 4 aromatic rings. The zero-order valence-corrected chi connectivity index (χ0v) is 31.2. The van der Waals surface area contributed by atoms with Crippen LogP contribution in [0.1, 0.15) is 27.0 Å². The number of carbonyl (C=O) groups excluding carboxylic acids is 4. The summed E-state index contributed by atoms with van der Waals surface area (Å²) in [5.74, 6) is -4.32. The molecule has 0 bridgehead atoms. The first-order valence-corrected chi connectivity index (χ1v) is 19.6. The topological polar surface area (TPSA) is 281 Å². The van der Waals surface area contributed by atoms with Gasteiger partial charge in [0, 0.05) is 50.1 Å². The number of hydrogen-bond acceptors (Lipinski definition) is 16. The number of β-lactam (4-membered cyclic amide) rings is 1. The molecule has 0 radical (unpaired) electrons. The maximum atomic E-state index is 13.9. The Hall–Kier alpha value is -6.07. The van der Waals surface area contributed by atoms with Gasteiger partial charge in [-0.1, -0.05) is 35.2 Å². The molecule has 3 aliphatic rings. The van der Waals surface area contributed by atoms with Gasteiger partial charge in [-0.15, -0.1) is 22.0 Å². The van der Waals surface area contributed by atoms with Gasteiger partial charge in [-0.05, 0) is 23.3 Å². The fraction of sp³-hybridized carbons (Fsp3) is 0.303. The average molecular weight is 823 g/mol. The Morgan fingerprint density at radius 3 is 2.52 bits per heavy atom. The first-order valence-electron chi connectivity index (χ1n) is 16.7. The van der Waals surface area contributed by atoms with Crippen LogP contribution in [-0.4, -0.2) is 135 Å². The van der Waals surface area contributed by atoms with Crippen LogP contribution < -0.4 is 21.0 Å². The molecule has 20 nitrogen and oxygen atoms in total. The number of nitrogens with one attached hydrogen (secondary N) is 3. The number of H-pyrrole nitrogens is 1. The van der Waals surface area contributed by atoms with Crippen LogP contribution in [0, 0.1) is 0 Å². The number of nitrogens with zero attached hydrogens (tertiary/aromatic N) is 7. The number of carbonyl (C=O) groups is 6. The van der Waals surface area contributed by atoms with E-state index in [0.29, 0.717) is 47.0 Å². The van der Waals surface area contributed by atoms with Gasteiger partial charge >= 0.3 is 11.9 Å². The minimum absolute atomic E-state index is 0.0133. The molecule has 0 saturated carbocycles. The molecule has 3 aromatic heterocycles. The molecule has 290 valence electrons. The fourth-order valence-electron chi connectivity index (χ4n) is 6.20. The third-order valence-electron chi connectivity index (χ3n) is 9.04. The number of amides is 4.